The zero-order valence-corrected chi connectivity index (χ0v) is 9.98. The van der Waals surface area contributed by atoms with Crippen LogP contribution in [0.1, 0.15) is 26.2 Å². The lowest BCUT2D eigenvalue weighted by Gasteiger charge is -2.40. The molecule has 5 nitrogen and oxygen atoms in total. The van der Waals surface area contributed by atoms with Crippen molar-refractivity contribution in [2.24, 2.45) is 11.8 Å². The number of hydrogen-bond acceptors (Lipinski definition) is 4. The number of nitriles is 1. The standard InChI is InChI=1S/C12H17N3O2/c1-8-2-3-9(5-13)10(4-8)15-6-11(16)14-12(17)7-15/h8-10H,2-4,6-7H2,1H3,(H,14,16,17). The third-order valence-electron chi connectivity index (χ3n) is 3.69. The van der Waals surface area contributed by atoms with Gasteiger partial charge in [-0.25, -0.2) is 0 Å². The number of nitrogens with zero attached hydrogens (tertiary/aromatic N) is 2. The molecule has 0 aromatic heterocycles. The highest BCUT2D eigenvalue weighted by Gasteiger charge is 2.36. The van der Waals surface area contributed by atoms with Crippen molar-refractivity contribution in [2.45, 2.75) is 32.2 Å². The van der Waals surface area contributed by atoms with Gasteiger partial charge in [-0.3, -0.25) is 19.8 Å². The van der Waals surface area contributed by atoms with E-state index in [4.69, 9.17) is 5.26 Å². The molecule has 2 amide bonds. The average Bonchev–Trinajstić information content (AvgIpc) is 2.27. The van der Waals surface area contributed by atoms with E-state index in [2.05, 4.69) is 18.3 Å². The number of carbonyl (C=O) groups excluding carboxylic acids is 2. The molecule has 1 aliphatic heterocycles. The van der Waals surface area contributed by atoms with E-state index in [-0.39, 0.29) is 36.9 Å². The number of amides is 2. The molecule has 3 atom stereocenters. The quantitative estimate of drug-likeness (QED) is 0.662. The third kappa shape index (κ3) is 2.64. The minimum atomic E-state index is -0.254. The summed E-state index contributed by atoms with van der Waals surface area (Å²) >= 11 is 0. The Morgan fingerprint density at radius 2 is 1.94 bits per heavy atom. The van der Waals surface area contributed by atoms with Crippen LogP contribution >= 0.6 is 0 Å². The van der Waals surface area contributed by atoms with Gasteiger partial charge in [0.15, 0.2) is 0 Å². The van der Waals surface area contributed by atoms with E-state index in [0.717, 1.165) is 19.3 Å². The zero-order chi connectivity index (χ0) is 12.4. The van der Waals surface area contributed by atoms with Gasteiger partial charge in [-0.05, 0) is 25.2 Å². The number of hydrogen-bond donors (Lipinski definition) is 1. The van der Waals surface area contributed by atoms with Crippen molar-refractivity contribution in [2.75, 3.05) is 13.1 Å². The Hall–Kier alpha value is -1.41. The predicted molar refractivity (Wildman–Crippen MR) is 60.6 cm³/mol. The molecule has 1 heterocycles. The van der Waals surface area contributed by atoms with Gasteiger partial charge in [-0.1, -0.05) is 6.92 Å². The Bertz CT molecular complexity index is 358. The number of imide groups is 1. The molecule has 17 heavy (non-hydrogen) atoms. The maximum absolute atomic E-state index is 11.3. The first kappa shape index (κ1) is 12.1. The second kappa shape index (κ2) is 4.84. The van der Waals surface area contributed by atoms with Crippen LogP contribution in [0.25, 0.3) is 0 Å². The normalized spacial score (nSPS) is 35.2. The predicted octanol–water partition coefficient (Wildman–Crippen LogP) is 0.273. The van der Waals surface area contributed by atoms with Crippen LogP contribution in [-0.4, -0.2) is 35.8 Å². The molecule has 0 bridgehead atoms. The first-order valence-electron chi connectivity index (χ1n) is 6.06. The molecule has 2 fully saturated rings. The summed E-state index contributed by atoms with van der Waals surface area (Å²) in [4.78, 5) is 24.6. The van der Waals surface area contributed by atoms with E-state index >= 15 is 0 Å². The van der Waals surface area contributed by atoms with Crippen LogP contribution in [0.2, 0.25) is 0 Å². The topological polar surface area (TPSA) is 73.2 Å². The van der Waals surface area contributed by atoms with Crippen molar-refractivity contribution in [1.82, 2.24) is 10.2 Å². The fraction of sp³-hybridized carbons (Fsp3) is 0.750. The second-order valence-electron chi connectivity index (χ2n) is 5.10. The van der Waals surface area contributed by atoms with Crippen LogP contribution in [-0.2, 0) is 9.59 Å². The van der Waals surface area contributed by atoms with Crippen molar-refractivity contribution in [3.05, 3.63) is 0 Å². The molecule has 92 valence electrons. The van der Waals surface area contributed by atoms with Crippen molar-refractivity contribution in [3.8, 4) is 6.07 Å². The van der Waals surface area contributed by atoms with Crippen molar-refractivity contribution >= 4 is 11.8 Å². The maximum Gasteiger partial charge on any atom is 0.240 e. The highest BCUT2D eigenvalue weighted by Crippen LogP contribution is 2.32. The van der Waals surface area contributed by atoms with E-state index in [1.165, 1.54) is 0 Å². The lowest BCUT2D eigenvalue weighted by molar-refractivity contribution is -0.137. The number of carbonyl (C=O) groups is 2. The summed E-state index contributed by atoms with van der Waals surface area (Å²) in [6, 6.07) is 2.37. The summed E-state index contributed by atoms with van der Waals surface area (Å²) in [5, 5.41) is 11.4. The largest absolute Gasteiger partial charge is 0.294 e. The van der Waals surface area contributed by atoms with Gasteiger partial charge in [0.25, 0.3) is 0 Å². The molecule has 0 spiro atoms. The highest BCUT2D eigenvalue weighted by molar-refractivity contribution is 5.99. The molecule has 1 N–H and O–H groups in total. The summed E-state index contributed by atoms with van der Waals surface area (Å²) in [5.41, 5.74) is 0. The van der Waals surface area contributed by atoms with Crippen molar-refractivity contribution < 1.29 is 9.59 Å². The Kier molecular flexibility index (Phi) is 3.43. The van der Waals surface area contributed by atoms with E-state index in [1.807, 2.05) is 4.90 Å². The van der Waals surface area contributed by atoms with E-state index < -0.39 is 0 Å². The molecule has 1 saturated carbocycles. The van der Waals surface area contributed by atoms with Crippen LogP contribution < -0.4 is 5.32 Å². The fourth-order valence-corrected chi connectivity index (χ4v) is 2.80. The van der Waals surface area contributed by atoms with E-state index in [0.29, 0.717) is 5.92 Å². The van der Waals surface area contributed by atoms with Gasteiger partial charge in [0, 0.05) is 6.04 Å². The van der Waals surface area contributed by atoms with Gasteiger partial charge in [0.05, 0.1) is 25.1 Å². The molecule has 0 aromatic rings. The lowest BCUT2D eigenvalue weighted by atomic mass is 9.79. The summed E-state index contributed by atoms with van der Waals surface area (Å²) in [6.45, 7) is 2.63. The molecule has 1 saturated heterocycles. The Morgan fingerprint density at radius 1 is 1.29 bits per heavy atom. The van der Waals surface area contributed by atoms with Gasteiger partial charge in [-0.2, -0.15) is 5.26 Å². The second-order valence-corrected chi connectivity index (χ2v) is 5.10. The van der Waals surface area contributed by atoms with Crippen molar-refractivity contribution in [3.63, 3.8) is 0 Å². The summed E-state index contributed by atoms with van der Waals surface area (Å²) in [5.74, 6) is 0.00178. The van der Waals surface area contributed by atoms with Gasteiger partial charge in [-0.15, -0.1) is 0 Å². The molecule has 5 heteroatoms. The molecule has 1 aliphatic carbocycles. The van der Waals surface area contributed by atoms with Crippen LogP contribution in [0.3, 0.4) is 0 Å². The summed E-state index contributed by atoms with van der Waals surface area (Å²) in [7, 11) is 0. The molecule has 0 radical (unpaired) electrons. The lowest BCUT2D eigenvalue weighted by Crippen LogP contribution is -2.57. The molecule has 0 aromatic carbocycles. The maximum atomic E-state index is 11.3. The average molecular weight is 235 g/mol. The monoisotopic (exact) mass is 235 g/mol. The number of rotatable bonds is 1. The first-order valence-corrected chi connectivity index (χ1v) is 6.06. The minimum absolute atomic E-state index is 0.0510. The highest BCUT2D eigenvalue weighted by atomic mass is 16.2. The first-order chi connectivity index (χ1) is 8.10. The van der Waals surface area contributed by atoms with Gasteiger partial charge < -0.3 is 0 Å². The van der Waals surface area contributed by atoms with Crippen LogP contribution in [0.5, 0.6) is 0 Å². The Labute approximate surface area is 101 Å². The Balaban J connectivity index is 2.10. The number of nitrogens with one attached hydrogen (secondary N) is 1. The van der Waals surface area contributed by atoms with Crippen LogP contribution in [0.15, 0.2) is 0 Å². The number of piperazine rings is 1. The van der Waals surface area contributed by atoms with Crippen molar-refractivity contribution in [1.29, 1.82) is 5.26 Å². The molecule has 2 aliphatic rings. The molecule has 3 unspecified atom stereocenters. The molecule has 2 rings (SSSR count). The van der Waals surface area contributed by atoms with Gasteiger partial charge >= 0.3 is 0 Å². The minimum Gasteiger partial charge on any atom is -0.294 e. The van der Waals surface area contributed by atoms with E-state index in [1.54, 1.807) is 0 Å². The smallest absolute Gasteiger partial charge is 0.240 e. The molecular weight excluding hydrogens is 218 g/mol. The summed E-state index contributed by atoms with van der Waals surface area (Å²) in [6.07, 6.45) is 2.83. The third-order valence-corrected chi connectivity index (χ3v) is 3.69. The Morgan fingerprint density at radius 3 is 2.53 bits per heavy atom. The van der Waals surface area contributed by atoms with Crippen LogP contribution in [0, 0.1) is 23.2 Å². The zero-order valence-electron chi connectivity index (χ0n) is 9.98. The van der Waals surface area contributed by atoms with Gasteiger partial charge in [0.2, 0.25) is 11.8 Å². The molecular formula is C12H17N3O2. The SMILES string of the molecule is CC1CCC(C#N)C(N2CC(=O)NC(=O)C2)C1. The van der Waals surface area contributed by atoms with E-state index in [9.17, 15) is 9.59 Å². The fourth-order valence-electron chi connectivity index (χ4n) is 2.80. The van der Waals surface area contributed by atoms with Crippen LogP contribution in [0.4, 0.5) is 0 Å². The summed E-state index contributed by atoms with van der Waals surface area (Å²) < 4.78 is 0. The van der Waals surface area contributed by atoms with Gasteiger partial charge in [0.1, 0.15) is 0 Å².